The Morgan fingerprint density at radius 3 is 3.11 bits per heavy atom. The number of carbonyl (C=O) groups is 1. The molecule has 4 nitrogen and oxygen atoms in total. The summed E-state index contributed by atoms with van der Waals surface area (Å²) in [5, 5.41) is 0.652. The van der Waals surface area contributed by atoms with Crippen LogP contribution in [0.15, 0.2) is 22.6 Å². The normalized spacial score (nSPS) is 19.7. The van der Waals surface area contributed by atoms with E-state index in [-0.39, 0.29) is 11.8 Å². The van der Waals surface area contributed by atoms with Crippen LogP contribution in [-0.4, -0.2) is 28.9 Å². The van der Waals surface area contributed by atoms with Crippen LogP contribution in [0.3, 0.4) is 0 Å². The molecule has 3 rings (SSSR count). The van der Waals surface area contributed by atoms with Gasteiger partial charge in [-0.25, -0.2) is 4.98 Å². The van der Waals surface area contributed by atoms with Crippen molar-refractivity contribution in [3.8, 4) is 0 Å². The van der Waals surface area contributed by atoms with E-state index in [2.05, 4.69) is 4.98 Å². The van der Waals surface area contributed by atoms with E-state index in [4.69, 9.17) is 16.0 Å². The number of aromatic nitrogens is 1. The lowest BCUT2D eigenvalue weighted by atomic mass is 10.1. The number of rotatable bonds is 1. The molecule has 94 valence electrons. The number of hydrogen-bond acceptors (Lipinski definition) is 3. The van der Waals surface area contributed by atoms with Gasteiger partial charge < -0.3 is 9.32 Å². The first kappa shape index (κ1) is 11.5. The molecule has 1 atom stereocenters. The van der Waals surface area contributed by atoms with Crippen LogP contribution in [-0.2, 0) is 4.79 Å². The van der Waals surface area contributed by atoms with Gasteiger partial charge >= 0.3 is 0 Å². The Morgan fingerprint density at radius 2 is 2.39 bits per heavy atom. The second-order valence-corrected chi connectivity index (χ2v) is 5.05. The number of benzene rings is 1. The molecule has 18 heavy (non-hydrogen) atoms. The summed E-state index contributed by atoms with van der Waals surface area (Å²) in [4.78, 5) is 17.6. The van der Waals surface area contributed by atoms with Gasteiger partial charge in [0.2, 0.25) is 5.91 Å². The first-order valence-electron chi connectivity index (χ1n) is 5.95. The molecule has 0 saturated carbocycles. The zero-order valence-electron chi connectivity index (χ0n) is 10.0. The van der Waals surface area contributed by atoms with E-state index < -0.39 is 0 Å². The predicted molar refractivity (Wildman–Crippen MR) is 68.6 cm³/mol. The molecule has 0 bridgehead atoms. The second kappa shape index (κ2) is 4.28. The number of nitrogens with zero attached hydrogens (tertiary/aromatic N) is 2. The van der Waals surface area contributed by atoms with E-state index in [0.717, 1.165) is 24.1 Å². The average Bonchev–Trinajstić information content (AvgIpc) is 2.93. The lowest BCUT2D eigenvalue weighted by Crippen LogP contribution is -2.25. The minimum atomic E-state index is 0.108. The van der Waals surface area contributed by atoms with Crippen LogP contribution in [0.2, 0.25) is 5.02 Å². The summed E-state index contributed by atoms with van der Waals surface area (Å²) in [6.07, 6.45) is 0.903. The van der Waals surface area contributed by atoms with Gasteiger partial charge in [-0.15, -0.1) is 0 Å². The Hall–Kier alpha value is -1.55. The number of hydrogen-bond donors (Lipinski definition) is 0. The summed E-state index contributed by atoms with van der Waals surface area (Å²) in [6, 6.07) is 5.41. The molecule has 0 radical (unpaired) electrons. The first-order valence-corrected chi connectivity index (χ1v) is 6.33. The fraction of sp³-hybridized carbons (Fsp3) is 0.385. The minimum absolute atomic E-state index is 0.108. The van der Waals surface area contributed by atoms with Crippen molar-refractivity contribution in [2.45, 2.75) is 19.3 Å². The Balaban J connectivity index is 1.89. The SMILES string of the molecule is CC(=O)N1CC[C@H](c2nc3cc(Cl)ccc3o2)C1. The van der Waals surface area contributed by atoms with E-state index >= 15 is 0 Å². The van der Waals surface area contributed by atoms with Gasteiger partial charge in [-0.05, 0) is 24.6 Å². The lowest BCUT2D eigenvalue weighted by Gasteiger charge is -2.12. The maximum absolute atomic E-state index is 11.3. The molecule has 1 aliphatic heterocycles. The first-order chi connectivity index (χ1) is 8.63. The van der Waals surface area contributed by atoms with E-state index in [1.165, 1.54) is 0 Å². The van der Waals surface area contributed by atoms with Gasteiger partial charge in [0.05, 0.1) is 5.92 Å². The van der Waals surface area contributed by atoms with Crippen LogP contribution in [0.4, 0.5) is 0 Å². The zero-order valence-corrected chi connectivity index (χ0v) is 10.8. The van der Waals surface area contributed by atoms with Gasteiger partial charge in [0, 0.05) is 25.0 Å². The highest BCUT2D eigenvalue weighted by Gasteiger charge is 2.29. The topological polar surface area (TPSA) is 46.3 Å². The maximum atomic E-state index is 11.3. The van der Waals surface area contributed by atoms with Crippen molar-refractivity contribution in [3.05, 3.63) is 29.1 Å². The Kier molecular flexibility index (Phi) is 2.74. The van der Waals surface area contributed by atoms with Crippen LogP contribution in [0.5, 0.6) is 0 Å². The number of likely N-dealkylation sites (tertiary alicyclic amines) is 1. The van der Waals surface area contributed by atoms with Crippen molar-refractivity contribution in [1.29, 1.82) is 0 Å². The summed E-state index contributed by atoms with van der Waals surface area (Å²) in [6.45, 7) is 3.06. The van der Waals surface area contributed by atoms with Crippen LogP contribution >= 0.6 is 11.6 Å². The molecule has 0 unspecified atom stereocenters. The molecule has 0 N–H and O–H groups in total. The Morgan fingerprint density at radius 1 is 1.56 bits per heavy atom. The van der Waals surface area contributed by atoms with Gasteiger partial charge in [0.1, 0.15) is 5.52 Å². The fourth-order valence-corrected chi connectivity index (χ4v) is 2.51. The van der Waals surface area contributed by atoms with E-state index in [1.807, 2.05) is 11.0 Å². The molecule has 2 heterocycles. The van der Waals surface area contributed by atoms with Crippen molar-refractivity contribution in [2.75, 3.05) is 13.1 Å². The predicted octanol–water partition coefficient (Wildman–Crippen LogP) is 2.82. The zero-order chi connectivity index (χ0) is 12.7. The summed E-state index contributed by atoms with van der Waals surface area (Å²) in [7, 11) is 0. The third kappa shape index (κ3) is 1.97. The third-order valence-corrected chi connectivity index (χ3v) is 3.58. The molecule has 1 aliphatic rings. The standard InChI is InChI=1S/C13H13ClN2O2/c1-8(17)16-5-4-9(7-16)13-15-11-6-10(14)2-3-12(11)18-13/h2-3,6,9H,4-5,7H2,1H3/t9-/m0/s1. The summed E-state index contributed by atoms with van der Waals surface area (Å²) >= 11 is 5.92. The molecule has 5 heteroatoms. The molecule has 0 aliphatic carbocycles. The van der Waals surface area contributed by atoms with Gasteiger partial charge in [0.25, 0.3) is 0 Å². The molecule has 1 fully saturated rings. The molecule has 1 aromatic heterocycles. The Bertz CT molecular complexity index is 608. The maximum Gasteiger partial charge on any atom is 0.219 e. The molecule has 1 saturated heterocycles. The molecule has 0 spiro atoms. The highest BCUT2D eigenvalue weighted by molar-refractivity contribution is 6.31. The summed E-state index contributed by atoms with van der Waals surface area (Å²) < 4.78 is 5.73. The quantitative estimate of drug-likeness (QED) is 0.796. The van der Waals surface area contributed by atoms with Crippen LogP contribution in [0.1, 0.15) is 25.2 Å². The number of carbonyl (C=O) groups excluding carboxylic acids is 1. The third-order valence-electron chi connectivity index (χ3n) is 3.35. The van der Waals surface area contributed by atoms with Crippen molar-refractivity contribution in [2.24, 2.45) is 0 Å². The molecular weight excluding hydrogens is 252 g/mol. The monoisotopic (exact) mass is 264 g/mol. The van der Waals surface area contributed by atoms with E-state index in [9.17, 15) is 4.79 Å². The van der Waals surface area contributed by atoms with Gasteiger partial charge in [-0.2, -0.15) is 0 Å². The van der Waals surface area contributed by atoms with Gasteiger partial charge in [0.15, 0.2) is 11.5 Å². The molecule has 2 aromatic rings. The second-order valence-electron chi connectivity index (χ2n) is 4.61. The van der Waals surface area contributed by atoms with Crippen LogP contribution in [0.25, 0.3) is 11.1 Å². The lowest BCUT2D eigenvalue weighted by molar-refractivity contribution is -0.127. The van der Waals surface area contributed by atoms with Crippen molar-refractivity contribution in [3.63, 3.8) is 0 Å². The minimum Gasteiger partial charge on any atom is -0.440 e. The number of fused-ring (bicyclic) bond motifs is 1. The van der Waals surface area contributed by atoms with Gasteiger partial charge in [-0.1, -0.05) is 11.6 Å². The summed E-state index contributed by atoms with van der Waals surface area (Å²) in [5.74, 6) is 1.01. The molecular formula is C13H13ClN2O2. The van der Waals surface area contributed by atoms with E-state index in [0.29, 0.717) is 17.5 Å². The van der Waals surface area contributed by atoms with Crippen LogP contribution in [0, 0.1) is 0 Å². The Labute approximate surface area is 110 Å². The summed E-state index contributed by atoms with van der Waals surface area (Å²) in [5.41, 5.74) is 1.52. The highest BCUT2D eigenvalue weighted by Crippen LogP contribution is 2.30. The molecule has 1 aromatic carbocycles. The van der Waals surface area contributed by atoms with Crippen molar-refractivity contribution in [1.82, 2.24) is 9.88 Å². The molecule has 1 amide bonds. The number of amides is 1. The fourth-order valence-electron chi connectivity index (χ4n) is 2.34. The number of halogens is 1. The van der Waals surface area contributed by atoms with Crippen LogP contribution < -0.4 is 0 Å². The highest BCUT2D eigenvalue weighted by atomic mass is 35.5. The van der Waals surface area contributed by atoms with Gasteiger partial charge in [-0.3, -0.25) is 4.79 Å². The average molecular weight is 265 g/mol. The van der Waals surface area contributed by atoms with Crippen molar-refractivity contribution >= 4 is 28.6 Å². The number of oxazole rings is 1. The smallest absolute Gasteiger partial charge is 0.219 e. The van der Waals surface area contributed by atoms with Crippen molar-refractivity contribution < 1.29 is 9.21 Å². The largest absolute Gasteiger partial charge is 0.440 e. The van der Waals surface area contributed by atoms with E-state index in [1.54, 1.807) is 19.1 Å².